The van der Waals surface area contributed by atoms with Crippen LogP contribution in [0.1, 0.15) is 38.2 Å². The molecule has 2 atom stereocenters. The normalized spacial score (nSPS) is 23.5. The van der Waals surface area contributed by atoms with Crippen molar-refractivity contribution in [1.29, 1.82) is 0 Å². The fourth-order valence-electron chi connectivity index (χ4n) is 2.82. The second-order valence-corrected chi connectivity index (χ2v) is 5.56. The van der Waals surface area contributed by atoms with Crippen LogP contribution in [0.3, 0.4) is 0 Å². The highest BCUT2D eigenvalue weighted by Crippen LogP contribution is 2.29. The molecule has 1 fully saturated rings. The lowest BCUT2D eigenvalue weighted by molar-refractivity contribution is 0.247. The van der Waals surface area contributed by atoms with Crippen LogP contribution in [-0.2, 0) is 6.54 Å². The van der Waals surface area contributed by atoms with Gasteiger partial charge in [0.25, 0.3) is 0 Å². The van der Waals surface area contributed by atoms with E-state index in [4.69, 9.17) is 5.11 Å². The molecule has 0 spiro atoms. The van der Waals surface area contributed by atoms with Crippen molar-refractivity contribution in [3.8, 4) is 5.75 Å². The number of hydrogen-bond donors (Lipinski definition) is 2. The topological polar surface area (TPSA) is 32.3 Å². The van der Waals surface area contributed by atoms with E-state index in [2.05, 4.69) is 12.2 Å². The van der Waals surface area contributed by atoms with Gasteiger partial charge in [-0.2, -0.15) is 0 Å². The molecule has 1 aromatic carbocycles. The number of hydrogen-bond acceptors (Lipinski definition) is 2. The number of benzene rings is 1. The second kappa shape index (κ2) is 6.33. The van der Waals surface area contributed by atoms with Crippen LogP contribution < -0.4 is 5.32 Å². The van der Waals surface area contributed by atoms with E-state index in [0.717, 1.165) is 12.5 Å². The van der Waals surface area contributed by atoms with E-state index in [-0.39, 0.29) is 0 Å². The first-order valence-electron chi connectivity index (χ1n) is 6.95. The van der Waals surface area contributed by atoms with Gasteiger partial charge in [-0.3, -0.25) is 0 Å². The largest absolute Gasteiger partial charge is 0.503 e. The van der Waals surface area contributed by atoms with E-state index in [0.29, 0.717) is 18.0 Å². The Labute approximate surface area is 112 Å². The molecule has 0 radical (unpaired) electrons. The second-order valence-electron chi connectivity index (χ2n) is 5.56. The zero-order chi connectivity index (χ0) is 13.8. The summed E-state index contributed by atoms with van der Waals surface area (Å²) in [6.45, 7) is 3.58. The van der Waals surface area contributed by atoms with Gasteiger partial charge in [0.2, 0.25) is 0 Å². The Morgan fingerprint density at radius 1 is 1.21 bits per heavy atom. The van der Waals surface area contributed by atoms with E-state index in [9.17, 15) is 8.78 Å². The van der Waals surface area contributed by atoms with Crippen molar-refractivity contribution in [2.45, 2.75) is 39.2 Å². The molecule has 2 rings (SSSR count). The van der Waals surface area contributed by atoms with Crippen molar-refractivity contribution in [3.63, 3.8) is 0 Å². The van der Waals surface area contributed by atoms with Crippen molar-refractivity contribution >= 4 is 0 Å². The molecule has 2 nitrogen and oxygen atoms in total. The molecule has 1 saturated carbocycles. The third-order valence-electron chi connectivity index (χ3n) is 4.10. The standard InChI is InChI=1S/C15H21F2NO/c1-10-4-2-3-5-12(10)9-18-8-11-6-13(16)15(19)14(17)7-11/h6-7,10,12,18-19H,2-5,8-9H2,1H3. The van der Waals surface area contributed by atoms with Crippen LogP contribution in [0.4, 0.5) is 8.78 Å². The smallest absolute Gasteiger partial charge is 0.187 e. The number of halogens is 2. The summed E-state index contributed by atoms with van der Waals surface area (Å²) in [4.78, 5) is 0. The molecule has 1 aliphatic carbocycles. The summed E-state index contributed by atoms with van der Waals surface area (Å²) in [6, 6.07) is 2.35. The van der Waals surface area contributed by atoms with E-state index in [1.807, 2.05) is 0 Å². The predicted molar refractivity (Wildman–Crippen MR) is 70.9 cm³/mol. The van der Waals surface area contributed by atoms with Crippen LogP contribution in [0.15, 0.2) is 12.1 Å². The van der Waals surface area contributed by atoms with Crippen LogP contribution in [-0.4, -0.2) is 11.7 Å². The average Bonchev–Trinajstić information content (AvgIpc) is 2.38. The van der Waals surface area contributed by atoms with Gasteiger partial charge in [0.15, 0.2) is 17.4 Å². The van der Waals surface area contributed by atoms with Gasteiger partial charge in [0, 0.05) is 6.54 Å². The van der Waals surface area contributed by atoms with E-state index in [1.54, 1.807) is 0 Å². The number of aromatic hydroxyl groups is 1. The molecule has 0 aromatic heterocycles. The minimum absolute atomic E-state index is 0.428. The quantitative estimate of drug-likeness (QED) is 0.875. The zero-order valence-corrected chi connectivity index (χ0v) is 11.3. The van der Waals surface area contributed by atoms with Crippen molar-refractivity contribution in [2.75, 3.05) is 6.54 Å². The lowest BCUT2D eigenvalue weighted by Crippen LogP contribution is -2.29. The van der Waals surface area contributed by atoms with Gasteiger partial charge < -0.3 is 10.4 Å². The van der Waals surface area contributed by atoms with Crippen LogP contribution in [0.2, 0.25) is 0 Å². The van der Waals surface area contributed by atoms with Gasteiger partial charge in [-0.1, -0.05) is 26.2 Å². The van der Waals surface area contributed by atoms with Gasteiger partial charge in [-0.05, 0) is 42.5 Å². The van der Waals surface area contributed by atoms with Crippen molar-refractivity contribution in [1.82, 2.24) is 5.32 Å². The van der Waals surface area contributed by atoms with Gasteiger partial charge in [-0.25, -0.2) is 8.78 Å². The monoisotopic (exact) mass is 269 g/mol. The fourth-order valence-corrected chi connectivity index (χ4v) is 2.82. The first-order chi connectivity index (χ1) is 9.08. The summed E-state index contributed by atoms with van der Waals surface area (Å²) in [5, 5.41) is 12.3. The Morgan fingerprint density at radius 2 is 1.84 bits per heavy atom. The van der Waals surface area contributed by atoms with Crippen LogP contribution in [0.5, 0.6) is 5.75 Å². The molecule has 2 N–H and O–H groups in total. The number of rotatable bonds is 4. The van der Waals surface area contributed by atoms with Crippen LogP contribution >= 0.6 is 0 Å². The summed E-state index contributed by atoms with van der Waals surface area (Å²) in [5.41, 5.74) is 0.524. The molecule has 0 amide bonds. The number of phenolic OH excluding ortho intramolecular Hbond substituents is 1. The molecular formula is C15H21F2NO. The Bertz CT molecular complexity index is 413. The van der Waals surface area contributed by atoms with Gasteiger partial charge in [0.1, 0.15) is 0 Å². The molecule has 0 aliphatic heterocycles. The van der Waals surface area contributed by atoms with Crippen LogP contribution in [0.25, 0.3) is 0 Å². The third-order valence-corrected chi connectivity index (χ3v) is 4.10. The Kier molecular flexibility index (Phi) is 4.75. The fraction of sp³-hybridized carbons (Fsp3) is 0.600. The van der Waals surface area contributed by atoms with Gasteiger partial charge >= 0.3 is 0 Å². The Balaban J connectivity index is 1.85. The lowest BCUT2D eigenvalue weighted by Gasteiger charge is -2.28. The minimum Gasteiger partial charge on any atom is -0.503 e. The first kappa shape index (κ1) is 14.3. The highest BCUT2D eigenvalue weighted by molar-refractivity contribution is 5.29. The Morgan fingerprint density at radius 3 is 2.47 bits per heavy atom. The number of phenols is 1. The van der Waals surface area contributed by atoms with E-state index >= 15 is 0 Å². The van der Waals surface area contributed by atoms with Crippen LogP contribution in [0, 0.1) is 23.5 Å². The zero-order valence-electron chi connectivity index (χ0n) is 11.3. The first-order valence-corrected chi connectivity index (χ1v) is 6.95. The molecule has 0 bridgehead atoms. The maximum Gasteiger partial charge on any atom is 0.187 e. The Hall–Kier alpha value is -1.16. The summed E-state index contributed by atoms with van der Waals surface area (Å²) in [6.07, 6.45) is 5.09. The van der Waals surface area contributed by atoms with E-state index < -0.39 is 17.4 Å². The average molecular weight is 269 g/mol. The lowest BCUT2D eigenvalue weighted by atomic mass is 9.80. The van der Waals surface area contributed by atoms with Crippen molar-refractivity contribution in [2.24, 2.45) is 11.8 Å². The van der Waals surface area contributed by atoms with E-state index in [1.165, 1.54) is 37.8 Å². The maximum atomic E-state index is 13.2. The molecule has 1 aromatic rings. The highest BCUT2D eigenvalue weighted by Gasteiger charge is 2.20. The SMILES string of the molecule is CC1CCCCC1CNCc1cc(F)c(O)c(F)c1. The molecule has 0 saturated heterocycles. The van der Waals surface area contributed by atoms with Crippen molar-refractivity contribution < 1.29 is 13.9 Å². The maximum absolute atomic E-state index is 13.2. The number of nitrogens with one attached hydrogen (secondary N) is 1. The summed E-state index contributed by atoms with van der Waals surface area (Å²) >= 11 is 0. The molecule has 19 heavy (non-hydrogen) atoms. The summed E-state index contributed by atoms with van der Waals surface area (Å²) < 4.78 is 26.3. The van der Waals surface area contributed by atoms with Crippen molar-refractivity contribution in [3.05, 3.63) is 29.3 Å². The molecule has 0 heterocycles. The van der Waals surface area contributed by atoms with Gasteiger partial charge in [-0.15, -0.1) is 0 Å². The molecule has 106 valence electrons. The molecule has 2 unspecified atom stereocenters. The highest BCUT2D eigenvalue weighted by atomic mass is 19.1. The van der Waals surface area contributed by atoms with Gasteiger partial charge in [0.05, 0.1) is 0 Å². The summed E-state index contributed by atoms with van der Waals surface area (Å²) in [5.74, 6) is -1.33. The molecule has 4 heteroatoms. The third kappa shape index (κ3) is 3.66. The minimum atomic E-state index is -0.900. The predicted octanol–water partition coefficient (Wildman–Crippen LogP) is 3.59. The summed E-state index contributed by atoms with van der Waals surface area (Å²) in [7, 11) is 0. The molecular weight excluding hydrogens is 248 g/mol. The molecule has 1 aliphatic rings.